The molecule has 8 heteroatoms. The van der Waals surface area contributed by atoms with Gasteiger partial charge in [0.15, 0.2) is 0 Å². The first kappa shape index (κ1) is 18.8. The minimum Gasteiger partial charge on any atom is -0.333 e. The third-order valence-corrected chi connectivity index (χ3v) is 5.93. The summed E-state index contributed by atoms with van der Waals surface area (Å²) < 4.78 is 0. The Morgan fingerprint density at radius 1 is 1.18 bits per heavy atom. The molecule has 0 aliphatic carbocycles. The van der Waals surface area contributed by atoms with Gasteiger partial charge in [-0.05, 0) is 23.8 Å². The van der Waals surface area contributed by atoms with Crippen LogP contribution >= 0.6 is 23.2 Å². The summed E-state index contributed by atoms with van der Waals surface area (Å²) in [5.41, 5.74) is 2.75. The van der Waals surface area contributed by atoms with E-state index in [0.717, 1.165) is 5.69 Å². The van der Waals surface area contributed by atoms with Crippen LogP contribution in [-0.2, 0) is 11.2 Å². The first-order chi connectivity index (χ1) is 13.5. The zero-order valence-electron chi connectivity index (χ0n) is 15.2. The molecule has 2 aliphatic heterocycles. The summed E-state index contributed by atoms with van der Waals surface area (Å²) in [6.07, 6.45) is 2.37. The highest BCUT2D eigenvalue weighted by atomic mass is 35.5. The molecule has 1 N–H and O–H groups in total. The molecule has 2 aromatic rings. The number of hydrogen-bond acceptors (Lipinski definition) is 3. The second-order valence-electron chi connectivity index (χ2n) is 6.74. The SMILES string of the molecule is CN1C(=O)NC(c2cccc(Cl)c2Cl)C2=C1CN(CCc1ccccn1)C2=O. The predicted molar refractivity (Wildman–Crippen MR) is 107 cm³/mol. The number of carbonyl (C=O) groups excluding carboxylic acids is 2. The van der Waals surface area contributed by atoms with Crippen LogP contribution < -0.4 is 5.32 Å². The van der Waals surface area contributed by atoms with Crippen LogP contribution in [0.2, 0.25) is 10.0 Å². The van der Waals surface area contributed by atoms with E-state index in [2.05, 4.69) is 10.3 Å². The first-order valence-corrected chi connectivity index (χ1v) is 9.63. The molecule has 1 aromatic carbocycles. The Bertz CT molecular complexity index is 977. The molecule has 0 fully saturated rings. The van der Waals surface area contributed by atoms with Crippen molar-refractivity contribution in [1.29, 1.82) is 0 Å². The van der Waals surface area contributed by atoms with E-state index in [1.807, 2.05) is 18.2 Å². The molecule has 28 heavy (non-hydrogen) atoms. The van der Waals surface area contributed by atoms with Gasteiger partial charge in [0.2, 0.25) is 0 Å². The average molecular weight is 417 g/mol. The third-order valence-electron chi connectivity index (χ3n) is 5.09. The molecule has 1 atom stereocenters. The molecule has 0 radical (unpaired) electrons. The number of benzene rings is 1. The van der Waals surface area contributed by atoms with Crippen LogP contribution in [-0.4, -0.2) is 46.9 Å². The first-order valence-electron chi connectivity index (χ1n) is 8.87. The molecular formula is C20H18Cl2N4O2. The number of likely N-dealkylation sites (N-methyl/N-ethyl adjacent to an activating group) is 1. The van der Waals surface area contributed by atoms with E-state index >= 15 is 0 Å². The molecule has 144 valence electrons. The van der Waals surface area contributed by atoms with Crippen LogP contribution in [0.1, 0.15) is 17.3 Å². The number of nitrogens with zero attached hydrogens (tertiary/aromatic N) is 3. The fraction of sp³-hybridized carbons (Fsp3) is 0.250. The lowest BCUT2D eigenvalue weighted by Crippen LogP contribution is -2.45. The minimum absolute atomic E-state index is 0.112. The van der Waals surface area contributed by atoms with E-state index in [0.29, 0.717) is 46.4 Å². The number of aromatic nitrogens is 1. The third kappa shape index (κ3) is 3.23. The van der Waals surface area contributed by atoms with Crippen LogP contribution in [0.4, 0.5) is 4.79 Å². The topological polar surface area (TPSA) is 65.5 Å². The van der Waals surface area contributed by atoms with E-state index in [-0.39, 0.29) is 11.9 Å². The van der Waals surface area contributed by atoms with Crippen LogP contribution in [0.25, 0.3) is 0 Å². The molecule has 3 heterocycles. The second kappa shape index (κ2) is 7.45. The normalized spacial score (nSPS) is 19.2. The Morgan fingerprint density at radius 2 is 2.00 bits per heavy atom. The average Bonchev–Trinajstić information content (AvgIpc) is 3.03. The largest absolute Gasteiger partial charge is 0.333 e. The predicted octanol–water partition coefficient (Wildman–Crippen LogP) is 3.42. The van der Waals surface area contributed by atoms with Gasteiger partial charge in [0.05, 0.1) is 33.9 Å². The van der Waals surface area contributed by atoms with Gasteiger partial charge in [-0.2, -0.15) is 0 Å². The maximum absolute atomic E-state index is 13.2. The van der Waals surface area contributed by atoms with Crippen molar-refractivity contribution >= 4 is 35.1 Å². The van der Waals surface area contributed by atoms with Crippen molar-refractivity contribution < 1.29 is 9.59 Å². The molecule has 2 aliphatic rings. The fourth-order valence-corrected chi connectivity index (χ4v) is 3.99. The highest BCUT2D eigenvalue weighted by Gasteiger charge is 2.43. The smallest absolute Gasteiger partial charge is 0.322 e. The Hall–Kier alpha value is -2.57. The maximum Gasteiger partial charge on any atom is 0.322 e. The summed E-state index contributed by atoms with van der Waals surface area (Å²) in [5.74, 6) is -0.112. The van der Waals surface area contributed by atoms with Crippen molar-refractivity contribution in [1.82, 2.24) is 20.1 Å². The standard InChI is InChI=1S/C20H18Cl2N4O2/c1-25-15-11-26(10-8-12-5-2-3-9-23-12)19(27)16(15)18(24-20(25)28)13-6-4-7-14(21)17(13)22/h2-7,9,18H,8,10-11H2,1H3,(H,24,28). The van der Waals surface area contributed by atoms with Gasteiger partial charge >= 0.3 is 6.03 Å². The molecule has 1 aromatic heterocycles. The van der Waals surface area contributed by atoms with E-state index in [1.54, 1.807) is 36.3 Å². The number of urea groups is 1. The van der Waals surface area contributed by atoms with Gasteiger partial charge in [0.1, 0.15) is 0 Å². The summed E-state index contributed by atoms with van der Waals surface area (Å²) in [5, 5.41) is 3.59. The van der Waals surface area contributed by atoms with Gasteiger partial charge in [-0.25, -0.2) is 4.79 Å². The van der Waals surface area contributed by atoms with Gasteiger partial charge in [-0.3, -0.25) is 14.7 Å². The van der Waals surface area contributed by atoms with Crippen molar-refractivity contribution in [2.75, 3.05) is 20.1 Å². The van der Waals surface area contributed by atoms with Gasteiger partial charge in [0.25, 0.3) is 5.91 Å². The number of pyridine rings is 1. The van der Waals surface area contributed by atoms with Crippen molar-refractivity contribution in [2.45, 2.75) is 12.5 Å². The van der Waals surface area contributed by atoms with Crippen molar-refractivity contribution in [2.24, 2.45) is 0 Å². The highest BCUT2D eigenvalue weighted by Crippen LogP contribution is 2.39. The maximum atomic E-state index is 13.2. The van der Waals surface area contributed by atoms with E-state index < -0.39 is 6.04 Å². The van der Waals surface area contributed by atoms with Crippen LogP contribution in [0.15, 0.2) is 53.9 Å². The van der Waals surface area contributed by atoms with Crippen LogP contribution in [0.3, 0.4) is 0 Å². The van der Waals surface area contributed by atoms with Crippen molar-refractivity contribution in [3.8, 4) is 0 Å². The van der Waals surface area contributed by atoms with Crippen molar-refractivity contribution in [3.05, 3.63) is 75.2 Å². The zero-order valence-corrected chi connectivity index (χ0v) is 16.7. The lowest BCUT2D eigenvalue weighted by molar-refractivity contribution is -0.125. The Morgan fingerprint density at radius 3 is 2.75 bits per heavy atom. The van der Waals surface area contributed by atoms with Crippen LogP contribution in [0.5, 0.6) is 0 Å². The lowest BCUT2D eigenvalue weighted by Gasteiger charge is -2.31. The lowest BCUT2D eigenvalue weighted by atomic mass is 9.95. The van der Waals surface area contributed by atoms with E-state index in [1.165, 1.54) is 4.90 Å². The van der Waals surface area contributed by atoms with Gasteiger partial charge < -0.3 is 10.2 Å². The molecule has 1 unspecified atom stereocenters. The van der Waals surface area contributed by atoms with Gasteiger partial charge in [-0.1, -0.05) is 41.4 Å². The Kier molecular flexibility index (Phi) is 5.00. The molecular weight excluding hydrogens is 399 g/mol. The Labute approximate surface area is 172 Å². The molecule has 0 spiro atoms. The summed E-state index contributed by atoms with van der Waals surface area (Å²) in [6, 6.07) is 10.0. The van der Waals surface area contributed by atoms with E-state index in [4.69, 9.17) is 23.2 Å². The summed E-state index contributed by atoms with van der Waals surface area (Å²) in [4.78, 5) is 33.2. The summed E-state index contributed by atoms with van der Waals surface area (Å²) in [6.45, 7) is 0.889. The number of hydrogen-bond donors (Lipinski definition) is 1. The molecule has 0 saturated carbocycles. The minimum atomic E-state index is -0.628. The zero-order chi connectivity index (χ0) is 19.8. The van der Waals surface area contributed by atoms with E-state index in [9.17, 15) is 9.59 Å². The summed E-state index contributed by atoms with van der Waals surface area (Å²) in [7, 11) is 1.66. The fourth-order valence-electron chi connectivity index (χ4n) is 3.58. The highest BCUT2D eigenvalue weighted by molar-refractivity contribution is 6.42. The number of nitrogens with one attached hydrogen (secondary N) is 1. The number of amides is 3. The number of rotatable bonds is 4. The van der Waals surface area contributed by atoms with Crippen molar-refractivity contribution in [3.63, 3.8) is 0 Å². The monoisotopic (exact) mass is 416 g/mol. The number of halogens is 2. The molecule has 0 bridgehead atoms. The molecule has 3 amide bonds. The molecule has 4 rings (SSSR count). The summed E-state index contributed by atoms with van der Waals surface area (Å²) >= 11 is 12.5. The Balaban J connectivity index is 1.63. The molecule has 6 nitrogen and oxygen atoms in total. The van der Waals surface area contributed by atoms with Crippen LogP contribution in [0, 0.1) is 0 Å². The molecule has 0 saturated heterocycles. The quantitative estimate of drug-likeness (QED) is 0.829. The van der Waals surface area contributed by atoms with Gasteiger partial charge in [0, 0.05) is 31.9 Å². The second-order valence-corrected chi connectivity index (χ2v) is 7.53. The van der Waals surface area contributed by atoms with Gasteiger partial charge in [-0.15, -0.1) is 0 Å². The number of carbonyl (C=O) groups is 2.